The average Bonchev–Trinajstić information content (AvgIpc) is 2.52. The topological polar surface area (TPSA) is 84.6 Å². The second-order valence-electron chi connectivity index (χ2n) is 4.59. The Morgan fingerprint density at radius 2 is 1.86 bits per heavy atom. The predicted molar refractivity (Wildman–Crippen MR) is 80.2 cm³/mol. The van der Waals surface area contributed by atoms with Crippen molar-refractivity contribution in [1.29, 1.82) is 0 Å². The van der Waals surface area contributed by atoms with Crippen molar-refractivity contribution in [3.05, 3.63) is 59.2 Å². The molecule has 0 aliphatic carbocycles. The van der Waals surface area contributed by atoms with Crippen LogP contribution < -0.4 is 15.8 Å². The molecule has 0 heterocycles. The quantitative estimate of drug-likeness (QED) is 0.782. The van der Waals surface area contributed by atoms with Crippen LogP contribution in [0.15, 0.2) is 42.5 Å². The molecule has 0 saturated carbocycles. The lowest BCUT2D eigenvalue weighted by Crippen LogP contribution is -2.22. The Morgan fingerprint density at radius 1 is 1.19 bits per heavy atom. The Bertz CT molecular complexity index is 624. The van der Waals surface area contributed by atoms with Crippen LogP contribution in [0, 0.1) is 0 Å². The van der Waals surface area contributed by atoms with Crippen LogP contribution in [0.4, 0.5) is 0 Å². The van der Waals surface area contributed by atoms with Gasteiger partial charge in [-0.1, -0.05) is 24.3 Å². The fourth-order valence-electron chi connectivity index (χ4n) is 1.90. The number of rotatable bonds is 5. The molecule has 0 unspecified atom stereocenters. The van der Waals surface area contributed by atoms with Gasteiger partial charge in [-0.3, -0.25) is 4.79 Å². The van der Waals surface area contributed by atoms with Crippen LogP contribution in [0.2, 0.25) is 0 Å². The van der Waals surface area contributed by atoms with Crippen LogP contribution in [0.3, 0.4) is 0 Å². The molecule has 0 saturated heterocycles. The highest BCUT2D eigenvalue weighted by molar-refractivity contribution is 5.96. The van der Waals surface area contributed by atoms with E-state index < -0.39 is 0 Å². The number of benzene rings is 2. The molecule has 1 amide bonds. The molecule has 0 aliphatic rings. The average molecular weight is 286 g/mol. The van der Waals surface area contributed by atoms with Crippen molar-refractivity contribution in [1.82, 2.24) is 5.32 Å². The number of nitrogens with one attached hydrogen (secondary N) is 1. The normalized spacial score (nSPS) is 10.2. The lowest BCUT2D eigenvalue weighted by atomic mass is 10.1. The molecule has 5 heteroatoms. The molecule has 0 aromatic heterocycles. The van der Waals surface area contributed by atoms with Crippen LogP contribution in [-0.4, -0.2) is 18.1 Å². The van der Waals surface area contributed by atoms with Crippen molar-refractivity contribution in [2.24, 2.45) is 5.73 Å². The highest BCUT2D eigenvalue weighted by atomic mass is 16.5. The Labute approximate surface area is 123 Å². The van der Waals surface area contributed by atoms with Crippen LogP contribution >= 0.6 is 0 Å². The minimum absolute atomic E-state index is 0.106. The van der Waals surface area contributed by atoms with Crippen molar-refractivity contribution in [2.45, 2.75) is 13.1 Å². The van der Waals surface area contributed by atoms with E-state index in [1.165, 1.54) is 19.2 Å². The number of amides is 1. The highest BCUT2D eigenvalue weighted by Gasteiger charge is 2.11. The van der Waals surface area contributed by atoms with Crippen molar-refractivity contribution in [2.75, 3.05) is 7.11 Å². The monoisotopic (exact) mass is 286 g/mol. The summed E-state index contributed by atoms with van der Waals surface area (Å²) in [4.78, 5) is 12.0. The third-order valence-corrected chi connectivity index (χ3v) is 3.16. The Morgan fingerprint density at radius 3 is 2.43 bits per heavy atom. The molecule has 2 aromatic rings. The van der Waals surface area contributed by atoms with E-state index in [1.807, 2.05) is 24.3 Å². The summed E-state index contributed by atoms with van der Waals surface area (Å²) in [6, 6.07) is 12.2. The summed E-state index contributed by atoms with van der Waals surface area (Å²) in [5.74, 6) is 0.0600. The molecule has 0 radical (unpaired) electrons. The summed E-state index contributed by atoms with van der Waals surface area (Å²) in [5, 5.41) is 12.6. The number of aromatic hydroxyl groups is 1. The zero-order valence-corrected chi connectivity index (χ0v) is 11.8. The maximum absolute atomic E-state index is 12.0. The number of hydrogen-bond donors (Lipinski definition) is 3. The van der Waals surface area contributed by atoms with Crippen molar-refractivity contribution < 1.29 is 14.6 Å². The Balaban J connectivity index is 2.00. The molecule has 21 heavy (non-hydrogen) atoms. The first-order valence-corrected chi connectivity index (χ1v) is 6.57. The summed E-state index contributed by atoms with van der Waals surface area (Å²) in [6.07, 6.45) is 0. The van der Waals surface area contributed by atoms with Gasteiger partial charge >= 0.3 is 0 Å². The van der Waals surface area contributed by atoms with E-state index in [4.69, 9.17) is 10.5 Å². The summed E-state index contributed by atoms with van der Waals surface area (Å²) in [5.41, 5.74) is 7.75. The number of nitrogens with two attached hydrogens (primary N) is 1. The van der Waals surface area contributed by atoms with E-state index in [0.29, 0.717) is 18.8 Å². The summed E-state index contributed by atoms with van der Waals surface area (Å²) in [7, 11) is 1.50. The first-order chi connectivity index (χ1) is 10.1. The minimum atomic E-state index is -0.335. The van der Waals surface area contributed by atoms with E-state index in [1.54, 1.807) is 6.07 Å². The number of phenols is 1. The summed E-state index contributed by atoms with van der Waals surface area (Å²) >= 11 is 0. The van der Waals surface area contributed by atoms with E-state index in [-0.39, 0.29) is 17.2 Å². The van der Waals surface area contributed by atoms with Gasteiger partial charge in [-0.05, 0) is 23.3 Å². The van der Waals surface area contributed by atoms with Crippen molar-refractivity contribution in [3.8, 4) is 11.5 Å². The number of carbonyl (C=O) groups excluding carboxylic acids is 1. The fraction of sp³-hybridized carbons (Fsp3) is 0.188. The molecule has 0 fully saturated rings. The number of ether oxygens (including phenoxy) is 1. The van der Waals surface area contributed by atoms with Gasteiger partial charge in [-0.2, -0.15) is 0 Å². The highest BCUT2D eigenvalue weighted by Crippen LogP contribution is 2.23. The third-order valence-electron chi connectivity index (χ3n) is 3.16. The van der Waals surface area contributed by atoms with E-state index in [2.05, 4.69) is 5.32 Å². The van der Waals surface area contributed by atoms with Gasteiger partial charge in [0, 0.05) is 19.2 Å². The molecule has 5 nitrogen and oxygen atoms in total. The molecule has 2 rings (SSSR count). The van der Waals surface area contributed by atoms with E-state index in [9.17, 15) is 9.90 Å². The Hall–Kier alpha value is -2.53. The van der Waals surface area contributed by atoms with Gasteiger partial charge < -0.3 is 20.9 Å². The van der Waals surface area contributed by atoms with Crippen molar-refractivity contribution >= 4 is 5.91 Å². The fourth-order valence-corrected chi connectivity index (χ4v) is 1.90. The van der Waals surface area contributed by atoms with Crippen LogP contribution in [-0.2, 0) is 13.1 Å². The lowest BCUT2D eigenvalue weighted by molar-refractivity contribution is 0.0948. The number of phenolic OH excluding ortho intramolecular Hbond substituents is 1. The Kier molecular flexibility index (Phi) is 4.79. The van der Waals surface area contributed by atoms with Crippen LogP contribution in [0.1, 0.15) is 21.5 Å². The summed E-state index contributed by atoms with van der Waals surface area (Å²) in [6.45, 7) is 0.877. The zero-order valence-electron chi connectivity index (χ0n) is 11.8. The first kappa shape index (κ1) is 14.9. The molecule has 2 aromatic carbocycles. The van der Waals surface area contributed by atoms with Gasteiger partial charge in [0.1, 0.15) is 11.5 Å². The summed E-state index contributed by atoms with van der Waals surface area (Å²) < 4.78 is 4.98. The van der Waals surface area contributed by atoms with Crippen molar-refractivity contribution in [3.63, 3.8) is 0 Å². The largest absolute Gasteiger partial charge is 0.507 e. The van der Waals surface area contributed by atoms with Gasteiger partial charge in [0.05, 0.1) is 12.7 Å². The standard InChI is InChI=1S/C16H18N2O3/c1-21-13-6-7-14(15(19)8-13)16(20)18-10-12-4-2-11(9-17)3-5-12/h2-8,19H,9-10,17H2,1H3,(H,18,20). The third kappa shape index (κ3) is 3.73. The molecule has 4 N–H and O–H groups in total. The maximum atomic E-state index is 12.0. The second-order valence-corrected chi connectivity index (χ2v) is 4.59. The zero-order chi connectivity index (χ0) is 15.2. The lowest BCUT2D eigenvalue weighted by Gasteiger charge is -2.08. The minimum Gasteiger partial charge on any atom is -0.507 e. The molecular weight excluding hydrogens is 268 g/mol. The molecule has 0 aliphatic heterocycles. The molecule has 0 spiro atoms. The number of methoxy groups -OCH3 is 1. The number of hydrogen-bond acceptors (Lipinski definition) is 4. The van der Waals surface area contributed by atoms with E-state index in [0.717, 1.165) is 11.1 Å². The van der Waals surface area contributed by atoms with Gasteiger partial charge in [-0.25, -0.2) is 0 Å². The molecule has 0 bridgehead atoms. The number of carbonyl (C=O) groups is 1. The molecular formula is C16H18N2O3. The van der Waals surface area contributed by atoms with E-state index >= 15 is 0 Å². The van der Waals surface area contributed by atoms with Gasteiger partial charge in [0.15, 0.2) is 0 Å². The van der Waals surface area contributed by atoms with Gasteiger partial charge in [0.25, 0.3) is 5.91 Å². The molecule has 110 valence electrons. The SMILES string of the molecule is COc1ccc(C(=O)NCc2ccc(CN)cc2)c(O)c1. The van der Waals surface area contributed by atoms with Gasteiger partial charge in [0.2, 0.25) is 0 Å². The predicted octanol–water partition coefficient (Wildman–Crippen LogP) is 1.79. The second kappa shape index (κ2) is 6.76. The van der Waals surface area contributed by atoms with Gasteiger partial charge in [-0.15, -0.1) is 0 Å². The maximum Gasteiger partial charge on any atom is 0.255 e. The smallest absolute Gasteiger partial charge is 0.255 e. The van der Waals surface area contributed by atoms with Crippen LogP contribution in [0.25, 0.3) is 0 Å². The van der Waals surface area contributed by atoms with Crippen LogP contribution in [0.5, 0.6) is 11.5 Å². The first-order valence-electron chi connectivity index (χ1n) is 6.57. The molecule has 0 atom stereocenters.